The molecule has 0 saturated carbocycles. The van der Waals surface area contributed by atoms with E-state index in [9.17, 15) is 4.79 Å². The molecule has 0 radical (unpaired) electrons. The normalized spacial score (nSPS) is 10.4. The molecule has 2 aromatic rings. The van der Waals surface area contributed by atoms with Crippen molar-refractivity contribution in [3.63, 3.8) is 0 Å². The summed E-state index contributed by atoms with van der Waals surface area (Å²) < 4.78 is 11.1. The summed E-state index contributed by atoms with van der Waals surface area (Å²) in [4.78, 5) is 13.4. The second kappa shape index (κ2) is 9.37. The Bertz CT molecular complexity index is 731. The third kappa shape index (κ3) is 5.71. The number of nitrogens with one attached hydrogen (secondary N) is 1. The van der Waals surface area contributed by atoms with Gasteiger partial charge in [-0.25, -0.2) is 0 Å². The molecule has 0 bridgehead atoms. The Morgan fingerprint density at radius 3 is 2.44 bits per heavy atom. The lowest BCUT2D eigenvalue weighted by molar-refractivity contribution is -0.113. The number of amides is 1. The Hall–Kier alpha value is -2.14. The summed E-state index contributed by atoms with van der Waals surface area (Å²) in [6.45, 7) is 9.11. The Balaban J connectivity index is 2.02. The van der Waals surface area contributed by atoms with Crippen LogP contribution in [0, 0.1) is 13.8 Å². The molecule has 0 saturated heterocycles. The van der Waals surface area contributed by atoms with Gasteiger partial charge in [-0.2, -0.15) is 0 Å². The molecule has 1 amide bonds. The number of rotatable bonds is 8. The third-order valence-electron chi connectivity index (χ3n) is 3.68. The van der Waals surface area contributed by atoms with Crippen LogP contribution in [0.2, 0.25) is 0 Å². The maximum atomic E-state index is 12.3. The molecule has 0 aliphatic rings. The number of carbonyl (C=O) groups is 1. The molecule has 0 heterocycles. The first-order valence-corrected chi connectivity index (χ1v) is 9.41. The number of hydrogen-bond donors (Lipinski definition) is 1. The summed E-state index contributed by atoms with van der Waals surface area (Å²) in [6.07, 6.45) is 0. The van der Waals surface area contributed by atoms with E-state index in [-0.39, 0.29) is 5.91 Å². The van der Waals surface area contributed by atoms with Crippen molar-refractivity contribution in [3.8, 4) is 11.5 Å². The van der Waals surface area contributed by atoms with Gasteiger partial charge < -0.3 is 14.8 Å². The van der Waals surface area contributed by atoms with Gasteiger partial charge >= 0.3 is 0 Å². The van der Waals surface area contributed by atoms with Gasteiger partial charge in [-0.05, 0) is 63.1 Å². The van der Waals surface area contributed by atoms with E-state index < -0.39 is 0 Å². The number of anilines is 1. The molecule has 2 rings (SSSR count). The molecule has 1 N–H and O–H groups in total. The Morgan fingerprint density at radius 1 is 1.00 bits per heavy atom. The van der Waals surface area contributed by atoms with Gasteiger partial charge in [-0.3, -0.25) is 4.79 Å². The van der Waals surface area contributed by atoms with Crippen molar-refractivity contribution in [2.75, 3.05) is 24.3 Å². The zero-order valence-electron chi connectivity index (χ0n) is 15.2. The molecule has 0 aliphatic carbocycles. The van der Waals surface area contributed by atoms with Gasteiger partial charge in [0.1, 0.15) is 11.5 Å². The van der Waals surface area contributed by atoms with E-state index in [0.717, 1.165) is 4.90 Å². The predicted molar refractivity (Wildman–Crippen MR) is 104 cm³/mol. The van der Waals surface area contributed by atoms with Gasteiger partial charge in [0.2, 0.25) is 5.91 Å². The first kappa shape index (κ1) is 19.2. The summed E-state index contributed by atoms with van der Waals surface area (Å²) in [5.74, 6) is 1.63. The third-order valence-corrected chi connectivity index (χ3v) is 4.68. The number of thioether (sulfide) groups is 1. The first-order valence-electron chi connectivity index (χ1n) is 8.43. The van der Waals surface area contributed by atoms with Crippen LogP contribution in [-0.4, -0.2) is 24.9 Å². The van der Waals surface area contributed by atoms with Crippen LogP contribution in [-0.2, 0) is 4.79 Å². The van der Waals surface area contributed by atoms with Crippen molar-refractivity contribution in [2.45, 2.75) is 32.6 Å². The summed E-state index contributed by atoms with van der Waals surface area (Å²) in [7, 11) is 0. The lowest BCUT2D eigenvalue weighted by atomic mass is 10.1. The maximum Gasteiger partial charge on any atom is 0.234 e. The van der Waals surface area contributed by atoms with Crippen molar-refractivity contribution in [1.82, 2.24) is 0 Å². The molecule has 0 aliphatic heterocycles. The second-order valence-corrected chi connectivity index (χ2v) is 6.66. The average Bonchev–Trinajstić information content (AvgIpc) is 2.59. The Morgan fingerprint density at radius 2 is 1.76 bits per heavy atom. The van der Waals surface area contributed by atoms with E-state index in [0.29, 0.717) is 36.2 Å². The topological polar surface area (TPSA) is 47.6 Å². The van der Waals surface area contributed by atoms with Crippen molar-refractivity contribution in [1.29, 1.82) is 0 Å². The average molecular weight is 359 g/mol. The van der Waals surface area contributed by atoms with E-state index in [2.05, 4.69) is 31.3 Å². The summed E-state index contributed by atoms with van der Waals surface area (Å²) in [5, 5.41) is 2.93. The minimum atomic E-state index is -0.0715. The lowest BCUT2D eigenvalue weighted by Crippen LogP contribution is -2.15. The fourth-order valence-corrected chi connectivity index (χ4v) is 3.08. The summed E-state index contributed by atoms with van der Waals surface area (Å²) >= 11 is 1.52. The van der Waals surface area contributed by atoms with E-state index in [1.54, 1.807) is 6.07 Å². The van der Waals surface area contributed by atoms with Crippen LogP contribution in [0.3, 0.4) is 0 Å². The smallest absolute Gasteiger partial charge is 0.234 e. The van der Waals surface area contributed by atoms with Gasteiger partial charge in [-0.1, -0.05) is 6.07 Å². The van der Waals surface area contributed by atoms with Gasteiger partial charge in [0.25, 0.3) is 0 Å². The van der Waals surface area contributed by atoms with E-state index in [4.69, 9.17) is 9.47 Å². The van der Waals surface area contributed by atoms with E-state index in [1.807, 2.05) is 32.0 Å². The summed E-state index contributed by atoms with van der Waals surface area (Å²) in [6, 6.07) is 11.7. The number of benzene rings is 2. The standard InChI is InChI=1S/C20H25NO3S/c1-5-23-16-8-10-19(24-6-2)18(12-16)21-20(22)13-25-17-9-7-14(3)15(4)11-17/h7-12H,5-6,13H2,1-4H3,(H,21,22). The van der Waals surface area contributed by atoms with Crippen molar-refractivity contribution >= 4 is 23.4 Å². The number of ether oxygens (including phenoxy) is 2. The Labute approximate surface area is 153 Å². The maximum absolute atomic E-state index is 12.3. The number of hydrogen-bond acceptors (Lipinski definition) is 4. The zero-order chi connectivity index (χ0) is 18.2. The van der Waals surface area contributed by atoms with Crippen LogP contribution in [0.1, 0.15) is 25.0 Å². The van der Waals surface area contributed by atoms with Crippen molar-refractivity contribution in [2.24, 2.45) is 0 Å². The molecule has 0 aromatic heterocycles. The molecule has 0 atom stereocenters. The van der Waals surface area contributed by atoms with E-state index >= 15 is 0 Å². The molecule has 4 nitrogen and oxygen atoms in total. The molecular formula is C20H25NO3S. The second-order valence-electron chi connectivity index (χ2n) is 5.61. The highest BCUT2D eigenvalue weighted by Crippen LogP contribution is 2.30. The minimum absolute atomic E-state index is 0.0715. The number of carbonyl (C=O) groups excluding carboxylic acids is 1. The van der Waals surface area contributed by atoms with Crippen LogP contribution in [0.25, 0.3) is 0 Å². The molecular weight excluding hydrogens is 334 g/mol. The summed E-state index contributed by atoms with van der Waals surface area (Å²) in [5.41, 5.74) is 3.12. The fraction of sp³-hybridized carbons (Fsp3) is 0.350. The van der Waals surface area contributed by atoms with Crippen molar-refractivity contribution in [3.05, 3.63) is 47.5 Å². The Kier molecular flexibility index (Phi) is 7.19. The molecule has 0 fully saturated rings. The van der Waals surface area contributed by atoms with Crippen LogP contribution in [0.4, 0.5) is 5.69 Å². The van der Waals surface area contributed by atoms with Crippen LogP contribution >= 0.6 is 11.8 Å². The van der Waals surface area contributed by atoms with Gasteiger partial charge in [0.15, 0.2) is 0 Å². The molecule has 0 spiro atoms. The van der Waals surface area contributed by atoms with Crippen LogP contribution in [0.5, 0.6) is 11.5 Å². The molecule has 5 heteroatoms. The fourth-order valence-electron chi connectivity index (χ4n) is 2.28. The van der Waals surface area contributed by atoms with Crippen molar-refractivity contribution < 1.29 is 14.3 Å². The highest BCUT2D eigenvalue weighted by molar-refractivity contribution is 8.00. The van der Waals surface area contributed by atoms with Crippen LogP contribution < -0.4 is 14.8 Å². The quantitative estimate of drug-likeness (QED) is 0.686. The van der Waals surface area contributed by atoms with E-state index in [1.165, 1.54) is 22.9 Å². The molecule has 25 heavy (non-hydrogen) atoms. The molecule has 134 valence electrons. The van der Waals surface area contributed by atoms with Crippen LogP contribution in [0.15, 0.2) is 41.3 Å². The highest BCUT2D eigenvalue weighted by Gasteiger charge is 2.10. The predicted octanol–water partition coefficient (Wildman–Crippen LogP) is 4.83. The lowest BCUT2D eigenvalue weighted by Gasteiger charge is -2.13. The minimum Gasteiger partial charge on any atom is -0.494 e. The van der Waals surface area contributed by atoms with Gasteiger partial charge in [-0.15, -0.1) is 11.8 Å². The first-order chi connectivity index (χ1) is 12.0. The van der Waals surface area contributed by atoms with Gasteiger partial charge in [0, 0.05) is 11.0 Å². The van der Waals surface area contributed by atoms with Gasteiger partial charge in [0.05, 0.1) is 24.7 Å². The largest absolute Gasteiger partial charge is 0.494 e. The highest BCUT2D eigenvalue weighted by atomic mass is 32.2. The molecule has 0 unspecified atom stereocenters. The number of aryl methyl sites for hydroxylation is 2. The monoisotopic (exact) mass is 359 g/mol. The molecule has 2 aromatic carbocycles. The SMILES string of the molecule is CCOc1ccc(OCC)c(NC(=O)CSc2ccc(C)c(C)c2)c1. The zero-order valence-corrected chi connectivity index (χ0v) is 16.0.